The van der Waals surface area contributed by atoms with E-state index < -0.39 is 11.9 Å². The molecule has 2 aromatic carbocycles. The molecular weight excluding hydrogens is 351 g/mol. The molecule has 1 heterocycles. The van der Waals surface area contributed by atoms with Crippen molar-refractivity contribution in [3.05, 3.63) is 59.4 Å². The highest BCUT2D eigenvalue weighted by Crippen LogP contribution is 2.29. The minimum atomic E-state index is -0.956. The van der Waals surface area contributed by atoms with Crippen molar-refractivity contribution >= 4 is 17.6 Å². The second-order valence-corrected chi connectivity index (χ2v) is 6.11. The summed E-state index contributed by atoms with van der Waals surface area (Å²) < 4.78 is 18.9. The number of halogens is 1. The molecule has 1 aliphatic rings. The second-order valence-electron chi connectivity index (χ2n) is 6.11. The Morgan fingerprint density at radius 2 is 2.04 bits per heavy atom. The van der Waals surface area contributed by atoms with Gasteiger partial charge in [0.2, 0.25) is 5.91 Å². The molecule has 0 bridgehead atoms. The minimum absolute atomic E-state index is 0.0200. The van der Waals surface area contributed by atoms with E-state index in [0.29, 0.717) is 11.4 Å². The summed E-state index contributed by atoms with van der Waals surface area (Å²) in [6, 6.07) is 11.5. The van der Waals surface area contributed by atoms with E-state index in [1.54, 1.807) is 30.3 Å². The number of rotatable bonds is 5. The Hall–Kier alpha value is -2.93. The summed E-state index contributed by atoms with van der Waals surface area (Å²) in [7, 11) is 1.50. The molecule has 27 heavy (non-hydrogen) atoms. The number of aliphatic carboxylic acids is 1. The zero-order valence-electron chi connectivity index (χ0n) is 15.3. The van der Waals surface area contributed by atoms with Gasteiger partial charge < -0.3 is 20.5 Å². The molecule has 7 heteroatoms. The Morgan fingerprint density at radius 1 is 1.30 bits per heavy atom. The fourth-order valence-corrected chi connectivity index (χ4v) is 2.87. The van der Waals surface area contributed by atoms with Crippen molar-refractivity contribution in [3.63, 3.8) is 0 Å². The van der Waals surface area contributed by atoms with Crippen LogP contribution in [0, 0.1) is 18.7 Å². The maximum absolute atomic E-state index is 13.2. The number of nitrogens with zero attached hydrogens (tertiary/aromatic N) is 1. The highest BCUT2D eigenvalue weighted by molar-refractivity contribution is 5.99. The van der Waals surface area contributed by atoms with Gasteiger partial charge in [-0.3, -0.25) is 9.59 Å². The largest absolute Gasteiger partial charge is 0.489 e. The maximum Gasteiger partial charge on any atom is 0.308 e. The molecule has 2 aromatic rings. The van der Waals surface area contributed by atoms with E-state index in [1.807, 2.05) is 6.92 Å². The van der Waals surface area contributed by atoms with Crippen molar-refractivity contribution in [2.75, 3.05) is 18.5 Å². The van der Waals surface area contributed by atoms with E-state index in [9.17, 15) is 14.0 Å². The lowest BCUT2D eigenvalue weighted by atomic mass is 10.1. The number of carbonyl (C=O) groups excluding carboxylic acids is 1. The van der Waals surface area contributed by atoms with E-state index in [2.05, 4.69) is 5.73 Å². The van der Waals surface area contributed by atoms with E-state index >= 15 is 0 Å². The fraction of sp³-hybridized carbons (Fsp3) is 0.300. The van der Waals surface area contributed by atoms with Gasteiger partial charge >= 0.3 is 5.97 Å². The van der Waals surface area contributed by atoms with E-state index in [0.717, 1.165) is 11.1 Å². The number of hydrogen-bond donors (Lipinski definition) is 2. The van der Waals surface area contributed by atoms with Gasteiger partial charge in [-0.05, 0) is 55.4 Å². The van der Waals surface area contributed by atoms with Gasteiger partial charge in [-0.25, -0.2) is 4.39 Å². The highest BCUT2D eigenvalue weighted by atomic mass is 19.1. The Kier molecular flexibility index (Phi) is 6.90. The van der Waals surface area contributed by atoms with Gasteiger partial charge in [0.1, 0.15) is 18.2 Å². The van der Waals surface area contributed by atoms with Crippen molar-refractivity contribution in [1.29, 1.82) is 0 Å². The highest BCUT2D eigenvalue weighted by Gasteiger charge is 2.35. The molecular formula is C20H23FN2O4. The number of aryl methyl sites for hydroxylation is 1. The molecule has 0 saturated carbocycles. The predicted octanol–water partition coefficient (Wildman–Crippen LogP) is 2.73. The molecule has 0 aliphatic carbocycles. The third kappa shape index (κ3) is 5.04. The number of carboxylic acids is 1. The van der Waals surface area contributed by atoms with Gasteiger partial charge in [-0.15, -0.1) is 0 Å². The third-order valence-electron chi connectivity index (χ3n) is 4.23. The van der Waals surface area contributed by atoms with Crippen LogP contribution >= 0.6 is 0 Å². The smallest absolute Gasteiger partial charge is 0.308 e. The van der Waals surface area contributed by atoms with Crippen LogP contribution in [0.25, 0.3) is 0 Å². The lowest BCUT2D eigenvalue weighted by Crippen LogP contribution is -2.25. The van der Waals surface area contributed by atoms with Gasteiger partial charge in [0, 0.05) is 18.7 Å². The fourth-order valence-electron chi connectivity index (χ4n) is 2.87. The lowest BCUT2D eigenvalue weighted by molar-refractivity contribution is -0.141. The molecule has 6 nitrogen and oxygen atoms in total. The molecule has 3 N–H and O–H groups in total. The molecule has 0 radical (unpaired) electrons. The van der Waals surface area contributed by atoms with Gasteiger partial charge in [0.25, 0.3) is 0 Å². The first-order chi connectivity index (χ1) is 12.9. The van der Waals surface area contributed by atoms with Gasteiger partial charge in [0.15, 0.2) is 0 Å². The van der Waals surface area contributed by atoms with Crippen LogP contribution < -0.4 is 15.4 Å². The Balaban J connectivity index is 0.00000126. The Morgan fingerprint density at radius 3 is 2.63 bits per heavy atom. The number of anilines is 1. The van der Waals surface area contributed by atoms with Crippen LogP contribution in [0.4, 0.5) is 10.1 Å². The molecule has 1 atom stereocenters. The topological polar surface area (TPSA) is 92.9 Å². The van der Waals surface area contributed by atoms with Crippen LogP contribution in [0.2, 0.25) is 0 Å². The zero-order chi connectivity index (χ0) is 20.0. The van der Waals surface area contributed by atoms with E-state index in [4.69, 9.17) is 9.84 Å². The standard InChI is InChI=1S/C19H18FNO4.CH5N/c1-12-7-16(21-10-14(19(23)24)9-18(21)22)5-6-17(12)25-11-13-3-2-4-15(20)8-13;1-2/h2-8,14H,9-11H2,1H3,(H,23,24);2H2,1H3. The molecule has 1 aliphatic heterocycles. The first-order valence-electron chi connectivity index (χ1n) is 8.53. The van der Waals surface area contributed by atoms with E-state index in [1.165, 1.54) is 24.1 Å². The minimum Gasteiger partial charge on any atom is -0.489 e. The number of carboxylic acid groups (broad SMARTS) is 1. The average molecular weight is 374 g/mol. The summed E-state index contributed by atoms with van der Waals surface area (Å²) in [5, 5.41) is 9.07. The van der Waals surface area contributed by atoms with Crippen LogP contribution in [0.15, 0.2) is 42.5 Å². The zero-order valence-corrected chi connectivity index (χ0v) is 15.3. The molecule has 0 spiro atoms. The summed E-state index contributed by atoms with van der Waals surface area (Å²) in [6.07, 6.45) is 0.0200. The molecule has 1 saturated heterocycles. The summed E-state index contributed by atoms with van der Waals surface area (Å²) in [5.74, 6) is -1.50. The predicted molar refractivity (Wildman–Crippen MR) is 100 cm³/mol. The first kappa shape index (κ1) is 20.4. The first-order valence-corrected chi connectivity index (χ1v) is 8.53. The molecule has 144 valence electrons. The van der Waals surface area contributed by atoms with E-state index in [-0.39, 0.29) is 31.3 Å². The number of nitrogens with two attached hydrogens (primary N) is 1. The summed E-state index contributed by atoms with van der Waals surface area (Å²) in [6.45, 7) is 2.26. The van der Waals surface area contributed by atoms with Gasteiger partial charge in [-0.1, -0.05) is 12.1 Å². The molecule has 1 unspecified atom stereocenters. The maximum atomic E-state index is 13.2. The van der Waals surface area contributed by atoms with Crippen LogP contribution in [0.3, 0.4) is 0 Å². The van der Waals surface area contributed by atoms with Crippen molar-refractivity contribution < 1.29 is 23.8 Å². The van der Waals surface area contributed by atoms with Crippen LogP contribution in [0.1, 0.15) is 17.5 Å². The normalized spacial score (nSPS) is 15.9. The van der Waals surface area contributed by atoms with Crippen LogP contribution in [-0.4, -0.2) is 30.6 Å². The lowest BCUT2D eigenvalue weighted by Gasteiger charge is -2.18. The molecule has 1 amide bonds. The monoisotopic (exact) mass is 374 g/mol. The summed E-state index contributed by atoms with van der Waals surface area (Å²) in [4.78, 5) is 24.6. The molecule has 1 fully saturated rings. The number of carbonyl (C=O) groups is 2. The van der Waals surface area contributed by atoms with Crippen LogP contribution in [-0.2, 0) is 16.2 Å². The number of ether oxygens (including phenoxy) is 1. The van der Waals surface area contributed by atoms with Crippen molar-refractivity contribution in [2.24, 2.45) is 11.7 Å². The summed E-state index contributed by atoms with van der Waals surface area (Å²) >= 11 is 0. The molecule has 0 aromatic heterocycles. The van der Waals surface area contributed by atoms with Gasteiger partial charge in [-0.2, -0.15) is 0 Å². The number of benzene rings is 2. The molecule has 3 rings (SSSR count). The summed E-state index contributed by atoms with van der Waals surface area (Å²) in [5.41, 5.74) is 6.70. The van der Waals surface area contributed by atoms with Crippen molar-refractivity contribution in [3.8, 4) is 5.75 Å². The van der Waals surface area contributed by atoms with Crippen molar-refractivity contribution in [2.45, 2.75) is 20.0 Å². The quantitative estimate of drug-likeness (QED) is 0.839. The van der Waals surface area contributed by atoms with Crippen molar-refractivity contribution in [1.82, 2.24) is 0 Å². The van der Waals surface area contributed by atoms with Gasteiger partial charge in [0.05, 0.1) is 5.92 Å². The van der Waals surface area contributed by atoms with Crippen LogP contribution in [0.5, 0.6) is 5.75 Å². The third-order valence-corrected chi connectivity index (χ3v) is 4.23. The average Bonchev–Trinajstić information content (AvgIpc) is 3.04. The SMILES string of the molecule is CN.Cc1cc(N2CC(C(=O)O)CC2=O)ccc1OCc1cccc(F)c1. The Labute approximate surface area is 157 Å². The Bertz CT molecular complexity index is 825. The second kappa shape index (κ2) is 9.14. The number of amides is 1. The number of hydrogen-bond acceptors (Lipinski definition) is 4.